The zero-order valence-corrected chi connectivity index (χ0v) is 47.6. The van der Waals surface area contributed by atoms with E-state index in [0.717, 1.165) is 145 Å². The van der Waals surface area contributed by atoms with Crippen molar-refractivity contribution in [2.75, 3.05) is 48.1 Å². The number of nitrogens with zero attached hydrogens (tertiary/aromatic N) is 1. The van der Waals surface area contributed by atoms with Gasteiger partial charge in [0.25, 0.3) is 0 Å². The molecule has 6 nitrogen and oxygen atoms in total. The van der Waals surface area contributed by atoms with Crippen molar-refractivity contribution in [2.45, 2.75) is 185 Å². The van der Waals surface area contributed by atoms with E-state index in [2.05, 4.69) is 152 Å². The van der Waals surface area contributed by atoms with Crippen LogP contribution in [0, 0.1) is 0 Å². The van der Waals surface area contributed by atoms with Crippen LogP contribution in [0.15, 0.2) is 141 Å². The van der Waals surface area contributed by atoms with Crippen molar-refractivity contribution in [3.8, 4) is 23.0 Å². The highest BCUT2D eigenvalue weighted by Crippen LogP contribution is 2.29. The van der Waals surface area contributed by atoms with Gasteiger partial charge in [0, 0.05) is 32.7 Å². The monoisotopic (exact) mass is 973 g/mol. The van der Waals surface area contributed by atoms with Gasteiger partial charge in [0.05, 0.1) is 28.4 Å². The van der Waals surface area contributed by atoms with Gasteiger partial charge in [0.1, 0.15) is 0 Å². The second-order valence-corrected chi connectivity index (χ2v) is 20.3. The second kappa shape index (κ2) is 37.9. The minimum atomic E-state index is 0.743. The van der Waals surface area contributed by atoms with Crippen LogP contribution in [-0.4, -0.2) is 53.0 Å². The predicted octanol–water partition coefficient (Wildman–Crippen LogP) is 18.1. The van der Waals surface area contributed by atoms with Gasteiger partial charge in [-0.3, -0.25) is 4.90 Å². The quantitative estimate of drug-likeness (QED) is 0.0538. The van der Waals surface area contributed by atoms with Gasteiger partial charge in [-0.15, -0.1) is 0 Å². The largest absolute Gasteiger partial charge is 0.493 e. The standard InChI is InChI=1S/C65H100N2O4/c1-51(2)23-15-24-52(3)25-16-26-53(4)27-17-28-54(5)29-18-30-55(6)31-19-32-56(7)33-20-34-57(8)35-21-36-58(9)37-22-38-59(10)43-45-67(50-61-40-42-63(69-12)65(48-61)71-14)46-44-66-49-60-39-41-62(68-11)64(47-60)70-13/h23,25,27,29,31,33,35,37,39-43,47-48,66H,15-22,24,26,28,30,32,34,36,38,44-46,49-50H2,1-14H3/b52-25+,53-27+,54-29-,55-31-,56-33-,57-35-,58-37-,59-43-. The molecule has 0 amide bonds. The number of ether oxygens (including phenoxy) is 4. The first-order chi connectivity index (χ1) is 34.1. The number of allylic oxidation sites excluding steroid dienone is 17. The summed E-state index contributed by atoms with van der Waals surface area (Å²) in [7, 11) is 6.71. The molecule has 0 atom stereocenters. The first-order valence-electron chi connectivity index (χ1n) is 26.9. The van der Waals surface area contributed by atoms with Gasteiger partial charge in [-0.1, -0.05) is 117 Å². The minimum Gasteiger partial charge on any atom is -0.493 e. The molecule has 0 fully saturated rings. The molecule has 1 N–H and O–H groups in total. The predicted molar refractivity (Wildman–Crippen MR) is 309 cm³/mol. The van der Waals surface area contributed by atoms with Crippen molar-refractivity contribution in [3.05, 3.63) is 152 Å². The molecule has 0 saturated heterocycles. The summed E-state index contributed by atoms with van der Waals surface area (Å²) in [5.41, 5.74) is 15.8. The molecule has 2 aromatic carbocycles. The molecule has 0 aliphatic heterocycles. The Morgan fingerprint density at radius 3 is 1.04 bits per heavy atom. The molecule has 0 radical (unpaired) electrons. The lowest BCUT2D eigenvalue weighted by atomic mass is 10.0. The Morgan fingerprint density at radius 1 is 0.394 bits per heavy atom. The lowest BCUT2D eigenvalue weighted by molar-refractivity contribution is 0.291. The fourth-order valence-corrected chi connectivity index (χ4v) is 8.45. The van der Waals surface area contributed by atoms with E-state index in [4.69, 9.17) is 18.9 Å². The van der Waals surface area contributed by atoms with E-state index >= 15 is 0 Å². The first-order valence-corrected chi connectivity index (χ1v) is 26.9. The summed E-state index contributed by atoms with van der Waals surface area (Å²) < 4.78 is 22.0. The van der Waals surface area contributed by atoms with Crippen LogP contribution < -0.4 is 24.3 Å². The van der Waals surface area contributed by atoms with Crippen molar-refractivity contribution >= 4 is 0 Å². The normalized spacial score (nSPS) is 13.6. The van der Waals surface area contributed by atoms with Gasteiger partial charge in [-0.05, 0) is 207 Å². The molecule has 394 valence electrons. The topological polar surface area (TPSA) is 52.2 Å². The second-order valence-electron chi connectivity index (χ2n) is 20.3. The Balaban J connectivity index is 1.72. The fourth-order valence-electron chi connectivity index (χ4n) is 8.45. The highest BCUT2D eigenvalue weighted by atomic mass is 16.5. The maximum atomic E-state index is 5.61. The van der Waals surface area contributed by atoms with Crippen LogP contribution in [0.3, 0.4) is 0 Å². The minimum absolute atomic E-state index is 0.743. The summed E-state index contributed by atoms with van der Waals surface area (Å²) in [4.78, 5) is 2.48. The van der Waals surface area contributed by atoms with Crippen molar-refractivity contribution in [2.24, 2.45) is 0 Å². The number of nitrogens with one attached hydrogen (secondary N) is 1. The number of methoxy groups -OCH3 is 4. The molecule has 0 heterocycles. The zero-order valence-electron chi connectivity index (χ0n) is 47.6. The summed E-state index contributed by atoms with van der Waals surface area (Å²) in [5.74, 6) is 3.00. The third-order valence-electron chi connectivity index (χ3n) is 13.2. The number of hydrogen-bond donors (Lipinski definition) is 1. The van der Waals surface area contributed by atoms with E-state index in [1.165, 1.54) is 75.0 Å². The van der Waals surface area contributed by atoms with Crippen LogP contribution >= 0.6 is 0 Å². The van der Waals surface area contributed by atoms with E-state index in [0.29, 0.717) is 0 Å². The van der Waals surface area contributed by atoms with Crippen molar-refractivity contribution < 1.29 is 18.9 Å². The Bertz CT molecular complexity index is 2120. The summed E-state index contributed by atoms with van der Waals surface area (Å²) in [5, 5.41) is 3.63. The van der Waals surface area contributed by atoms with Gasteiger partial charge < -0.3 is 24.3 Å². The van der Waals surface area contributed by atoms with Gasteiger partial charge in [-0.2, -0.15) is 0 Å². The van der Waals surface area contributed by atoms with E-state index in [-0.39, 0.29) is 0 Å². The lowest BCUT2D eigenvalue weighted by Crippen LogP contribution is -2.32. The molecule has 0 spiro atoms. The molecular formula is C65H100N2O4. The van der Waals surface area contributed by atoms with E-state index < -0.39 is 0 Å². The lowest BCUT2D eigenvalue weighted by Gasteiger charge is -2.22. The highest BCUT2D eigenvalue weighted by Gasteiger charge is 2.10. The molecule has 6 heteroatoms. The van der Waals surface area contributed by atoms with Gasteiger partial charge >= 0.3 is 0 Å². The van der Waals surface area contributed by atoms with E-state index in [1.807, 2.05) is 18.2 Å². The van der Waals surface area contributed by atoms with Crippen molar-refractivity contribution in [1.29, 1.82) is 0 Å². The van der Waals surface area contributed by atoms with Crippen LogP contribution in [0.25, 0.3) is 0 Å². The Hall–Kier alpha value is -4.78. The average Bonchev–Trinajstić information content (AvgIpc) is 3.34. The first kappa shape index (κ1) is 62.3. The molecule has 2 aromatic rings. The molecule has 0 aliphatic carbocycles. The van der Waals surface area contributed by atoms with Crippen LogP contribution in [0.2, 0.25) is 0 Å². The third kappa shape index (κ3) is 30.0. The molecule has 0 unspecified atom stereocenters. The molecule has 0 aliphatic rings. The maximum Gasteiger partial charge on any atom is 0.161 e. The summed E-state index contributed by atoms with van der Waals surface area (Å²) in [6, 6.07) is 12.3. The van der Waals surface area contributed by atoms with Gasteiger partial charge in [0.15, 0.2) is 23.0 Å². The van der Waals surface area contributed by atoms with E-state index in [1.54, 1.807) is 28.4 Å². The van der Waals surface area contributed by atoms with Gasteiger partial charge in [0.2, 0.25) is 0 Å². The molecule has 0 saturated carbocycles. The van der Waals surface area contributed by atoms with Crippen molar-refractivity contribution in [1.82, 2.24) is 10.2 Å². The smallest absolute Gasteiger partial charge is 0.161 e. The number of hydrogen-bond acceptors (Lipinski definition) is 6. The number of rotatable bonds is 37. The molecular weight excluding hydrogens is 873 g/mol. The summed E-state index contributed by atoms with van der Waals surface area (Å²) in [6.45, 7) is 26.9. The van der Waals surface area contributed by atoms with Crippen LogP contribution in [0.5, 0.6) is 23.0 Å². The Labute approximate surface area is 435 Å². The third-order valence-corrected chi connectivity index (χ3v) is 13.2. The fraction of sp³-hybridized carbons (Fsp3) is 0.538. The molecule has 0 bridgehead atoms. The van der Waals surface area contributed by atoms with Crippen LogP contribution in [-0.2, 0) is 13.1 Å². The number of benzene rings is 2. The Morgan fingerprint density at radius 2 is 0.704 bits per heavy atom. The maximum absolute atomic E-state index is 5.61. The average molecular weight is 974 g/mol. The highest BCUT2D eigenvalue weighted by molar-refractivity contribution is 5.43. The molecule has 71 heavy (non-hydrogen) atoms. The summed E-state index contributed by atoms with van der Waals surface area (Å²) in [6.07, 6.45) is 40.2. The van der Waals surface area contributed by atoms with Crippen LogP contribution in [0.4, 0.5) is 0 Å². The Kier molecular flexibility index (Phi) is 33.3. The summed E-state index contributed by atoms with van der Waals surface area (Å²) >= 11 is 0. The van der Waals surface area contributed by atoms with Gasteiger partial charge in [-0.25, -0.2) is 0 Å². The van der Waals surface area contributed by atoms with E-state index in [9.17, 15) is 0 Å². The SMILES string of the molecule is COc1ccc(CNCCN(C/C=C(/C)CC/C=C(/C)CC/C=C(/C)CC/C=C(/C)CC/C=C(/C)CC/C=C(/C)CC/C=C(\C)CC/C=C(\C)CCC=C(C)C)Cc2ccc(OC)c(OC)c2)cc1OC. The zero-order chi connectivity index (χ0) is 52.2. The molecule has 0 aromatic heterocycles. The van der Waals surface area contributed by atoms with Crippen LogP contribution in [0.1, 0.15) is 183 Å². The van der Waals surface area contributed by atoms with Crippen molar-refractivity contribution in [3.63, 3.8) is 0 Å². The molecule has 2 rings (SSSR count).